The molecule has 1 saturated heterocycles. The van der Waals surface area contributed by atoms with Gasteiger partial charge < -0.3 is 15.0 Å². The summed E-state index contributed by atoms with van der Waals surface area (Å²) >= 11 is 0. The highest BCUT2D eigenvalue weighted by atomic mass is 32.2. The molecule has 1 aliphatic rings. The fourth-order valence-corrected chi connectivity index (χ4v) is 4.60. The topological polar surface area (TPSA) is 101 Å². The summed E-state index contributed by atoms with van der Waals surface area (Å²) in [6, 6.07) is 10.3. The van der Waals surface area contributed by atoms with E-state index in [4.69, 9.17) is 4.74 Å². The number of anilines is 2. The molecule has 3 rings (SSSR count). The highest BCUT2D eigenvalue weighted by molar-refractivity contribution is 7.91. The van der Waals surface area contributed by atoms with E-state index in [1.165, 1.54) is 4.90 Å². The second kappa shape index (κ2) is 7.28. The second-order valence-electron chi connectivity index (χ2n) is 6.10. The van der Waals surface area contributed by atoms with Crippen LogP contribution in [0, 0.1) is 0 Å². The average molecular weight is 376 g/mol. The minimum absolute atomic E-state index is 0.00386. The Labute approximate surface area is 152 Å². The molecule has 2 heterocycles. The van der Waals surface area contributed by atoms with Crippen molar-refractivity contribution in [3.8, 4) is 5.75 Å². The summed E-state index contributed by atoms with van der Waals surface area (Å²) in [6.07, 6.45) is 0.450. The van der Waals surface area contributed by atoms with Gasteiger partial charge in [-0.2, -0.15) is 0 Å². The van der Waals surface area contributed by atoms with Crippen LogP contribution in [0.15, 0.2) is 36.4 Å². The summed E-state index contributed by atoms with van der Waals surface area (Å²) in [7, 11) is 0.114. The Bertz CT molecular complexity index is 899. The molecule has 1 aliphatic heterocycles. The molecule has 0 aliphatic carbocycles. The summed E-state index contributed by atoms with van der Waals surface area (Å²) in [5.41, 5.74) is 0.902. The van der Waals surface area contributed by atoms with Crippen LogP contribution < -0.4 is 10.1 Å². The molecule has 0 saturated carbocycles. The monoisotopic (exact) mass is 376 g/mol. The molecule has 26 heavy (non-hydrogen) atoms. The number of amides is 1. The van der Waals surface area contributed by atoms with Gasteiger partial charge in [-0.25, -0.2) is 8.42 Å². The number of hydrogen-bond acceptors (Lipinski definition) is 7. The summed E-state index contributed by atoms with van der Waals surface area (Å²) in [5, 5.41) is 11.1. The zero-order valence-electron chi connectivity index (χ0n) is 14.5. The number of rotatable bonds is 5. The van der Waals surface area contributed by atoms with Crippen LogP contribution in [0.3, 0.4) is 0 Å². The van der Waals surface area contributed by atoms with E-state index < -0.39 is 9.84 Å². The van der Waals surface area contributed by atoms with Crippen molar-refractivity contribution < 1.29 is 17.9 Å². The van der Waals surface area contributed by atoms with Crippen LogP contribution in [-0.4, -0.2) is 61.1 Å². The van der Waals surface area contributed by atoms with Crippen LogP contribution in [0.4, 0.5) is 11.5 Å². The third-order valence-corrected chi connectivity index (χ3v) is 6.08. The SMILES string of the molecule is COc1ccccc1Nc1ccc(C(=O)N(C)C2CCS(=O)(=O)C2)nn1. The molecule has 1 unspecified atom stereocenters. The van der Waals surface area contributed by atoms with E-state index in [2.05, 4.69) is 15.5 Å². The molecule has 9 heteroatoms. The van der Waals surface area contributed by atoms with Crippen LogP contribution in [0.25, 0.3) is 0 Å². The number of aromatic nitrogens is 2. The second-order valence-corrected chi connectivity index (χ2v) is 8.33. The number of carbonyl (C=O) groups excluding carboxylic acids is 1. The first-order valence-corrected chi connectivity index (χ1v) is 9.93. The first-order valence-electron chi connectivity index (χ1n) is 8.11. The van der Waals surface area contributed by atoms with E-state index in [0.717, 1.165) is 5.69 Å². The minimum Gasteiger partial charge on any atom is -0.495 e. The number of nitrogens with zero attached hydrogens (tertiary/aromatic N) is 3. The minimum atomic E-state index is -3.06. The highest BCUT2D eigenvalue weighted by Crippen LogP contribution is 2.26. The maximum atomic E-state index is 12.5. The van der Waals surface area contributed by atoms with Gasteiger partial charge in [-0.15, -0.1) is 10.2 Å². The van der Waals surface area contributed by atoms with Crippen LogP contribution in [-0.2, 0) is 9.84 Å². The summed E-state index contributed by atoms with van der Waals surface area (Å²) < 4.78 is 28.4. The van der Waals surface area contributed by atoms with Gasteiger partial charge in [0.05, 0.1) is 24.3 Å². The van der Waals surface area contributed by atoms with Crippen LogP contribution >= 0.6 is 0 Å². The Morgan fingerprint density at radius 1 is 1.23 bits per heavy atom. The molecule has 2 aromatic rings. The third-order valence-electron chi connectivity index (χ3n) is 4.33. The average Bonchev–Trinajstić information content (AvgIpc) is 3.01. The summed E-state index contributed by atoms with van der Waals surface area (Å²) in [6.45, 7) is 0. The van der Waals surface area contributed by atoms with Crippen LogP contribution in [0.1, 0.15) is 16.9 Å². The standard InChI is InChI=1S/C17H20N4O4S/c1-21(12-9-10-26(23,24)11-12)17(22)14-7-8-16(20-19-14)18-13-5-3-4-6-15(13)25-2/h3-8,12H,9-11H2,1-2H3,(H,18,20). The molecular formula is C17H20N4O4S. The summed E-state index contributed by atoms with van der Waals surface area (Å²) in [5.74, 6) is 0.899. The maximum absolute atomic E-state index is 12.5. The molecule has 0 bridgehead atoms. The van der Waals surface area contributed by atoms with E-state index in [9.17, 15) is 13.2 Å². The van der Waals surface area contributed by atoms with E-state index in [1.54, 1.807) is 26.3 Å². The van der Waals surface area contributed by atoms with Crippen molar-refractivity contribution in [1.82, 2.24) is 15.1 Å². The van der Waals surface area contributed by atoms with Gasteiger partial charge in [0.2, 0.25) is 0 Å². The third kappa shape index (κ3) is 3.93. The van der Waals surface area contributed by atoms with Gasteiger partial charge in [0, 0.05) is 13.1 Å². The zero-order chi connectivity index (χ0) is 18.7. The zero-order valence-corrected chi connectivity index (χ0v) is 15.4. The molecule has 1 aromatic carbocycles. The van der Waals surface area contributed by atoms with E-state index in [-0.39, 0.29) is 29.1 Å². The number of ether oxygens (including phenoxy) is 1. The molecule has 1 atom stereocenters. The lowest BCUT2D eigenvalue weighted by Gasteiger charge is -2.22. The predicted molar refractivity (Wildman–Crippen MR) is 97.5 cm³/mol. The Kier molecular flexibility index (Phi) is 5.08. The number of benzene rings is 1. The van der Waals surface area contributed by atoms with Crippen molar-refractivity contribution in [2.24, 2.45) is 0 Å². The molecule has 8 nitrogen and oxygen atoms in total. The van der Waals surface area contributed by atoms with E-state index in [0.29, 0.717) is 18.0 Å². The Balaban J connectivity index is 1.70. The molecule has 138 valence electrons. The number of hydrogen-bond donors (Lipinski definition) is 1. The molecule has 1 amide bonds. The summed E-state index contributed by atoms with van der Waals surface area (Å²) in [4.78, 5) is 13.9. The fourth-order valence-electron chi connectivity index (χ4n) is 2.83. The maximum Gasteiger partial charge on any atom is 0.274 e. The van der Waals surface area contributed by atoms with Gasteiger partial charge in [-0.1, -0.05) is 12.1 Å². The first-order chi connectivity index (χ1) is 12.4. The van der Waals surface area contributed by atoms with Gasteiger partial charge in [-0.05, 0) is 30.7 Å². The first kappa shape index (κ1) is 18.1. The van der Waals surface area contributed by atoms with Crippen molar-refractivity contribution >= 4 is 27.2 Å². The fraction of sp³-hybridized carbons (Fsp3) is 0.353. The number of sulfone groups is 1. The van der Waals surface area contributed by atoms with Crippen LogP contribution in [0.2, 0.25) is 0 Å². The van der Waals surface area contributed by atoms with E-state index in [1.807, 2.05) is 24.3 Å². The van der Waals surface area contributed by atoms with Gasteiger partial charge in [0.1, 0.15) is 5.75 Å². The predicted octanol–water partition coefficient (Wildman–Crippen LogP) is 1.49. The Hall–Kier alpha value is -2.68. The van der Waals surface area contributed by atoms with Crippen molar-refractivity contribution in [2.45, 2.75) is 12.5 Å². The lowest BCUT2D eigenvalue weighted by atomic mass is 10.2. The normalized spacial score (nSPS) is 18.3. The van der Waals surface area contributed by atoms with E-state index >= 15 is 0 Å². The number of nitrogens with one attached hydrogen (secondary N) is 1. The molecule has 0 radical (unpaired) electrons. The lowest BCUT2D eigenvalue weighted by Crippen LogP contribution is -2.38. The van der Waals surface area contributed by atoms with Crippen molar-refractivity contribution in [3.05, 3.63) is 42.1 Å². The molecule has 1 N–H and O–H groups in total. The largest absolute Gasteiger partial charge is 0.495 e. The van der Waals surface area contributed by atoms with Crippen molar-refractivity contribution in [1.29, 1.82) is 0 Å². The van der Waals surface area contributed by atoms with Gasteiger partial charge in [0.15, 0.2) is 21.3 Å². The molecular weight excluding hydrogens is 356 g/mol. The molecule has 0 spiro atoms. The van der Waals surface area contributed by atoms with Gasteiger partial charge >= 0.3 is 0 Å². The van der Waals surface area contributed by atoms with Crippen molar-refractivity contribution in [2.75, 3.05) is 31.0 Å². The molecule has 1 aromatic heterocycles. The van der Waals surface area contributed by atoms with Gasteiger partial charge in [-0.3, -0.25) is 4.79 Å². The Morgan fingerprint density at radius 3 is 2.62 bits per heavy atom. The Morgan fingerprint density at radius 2 is 2.00 bits per heavy atom. The molecule has 1 fully saturated rings. The van der Waals surface area contributed by atoms with Gasteiger partial charge in [0.25, 0.3) is 5.91 Å². The smallest absolute Gasteiger partial charge is 0.274 e. The number of carbonyl (C=O) groups is 1. The number of methoxy groups -OCH3 is 1. The quantitative estimate of drug-likeness (QED) is 0.843. The lowest BCUT2D eigenvalue weighted by molar-refractivity contribution is 0.0740. The van der Waals surface area contributed by atoms with Crippen LogP contribution in [0.5, 0.6) is 5.75 Å². The highest BCUT2D eigenvalue weighted by Gasteiger charge is 2.33. The number of para-hydroxylation sites is 2. The van der Waals surface area contributed by atoms with Crippen molar-refractivity contribution in [3.63, 3.8) is 0 Å².